The number of hydrogen-bond donors (Lipinski definition) is 1. The van der Waals surface area contributed by atoms with Crippen LogP contribution < -0.4 is 19.7 Å². The number of imidazole rings is 1. The summed E-state index contributed by atoms with van der Waals surface area (Å²) in [4.78, 5) is 41.4. The molecule has 2 N–H and O–H groups in total. The normalized spacial score (nSPS) is 19.2. The first-order chi connectivity index (χ1) is 20.3. The van der Waals surface area contributed by atoms with E-state index in [0.717, 1.165) is 28.4 Å². The zero-order valence-corrected chi connectivity index (χ0v) is 24.1. The van der Waals surface area contributed by atoms with Crippen molar-refractivity contribution in [2.75, 3.05) is 33.9 Å². The number of aromatic nitrogens is 4. The van der Waals surface area contributed by atoms with Crippen LogP contribution in [-0.4, -0.2) is 76.1 Å². The average Bonchev–Trinajstić information content (AvgIpc) is 3.56. The molecule has 0 bridgehead atoms. The van der Waals surface area contributed by atoms with Crippen LogP contribution in [0.25, 0.3) is 5.82 Å². The quantitative estimate of drug-likeness (QED) is 0.291. The second-order valence-electron chi connectivity index (χ2n) is 10.5. The average molecular weight is 571 g/mol. The van der Waals surface area contributed by atoms with Gasteiger partial charge in [0.15, 0.2) is 0 Å². The molecule has 0 radical (unpaired) electrons. The van der Waals surface area contributed by atoms with Crippen molar-refractivity contribution in [3.63, 3.8) is 0 Å². The highest BCUT2D eigenvalue weighted by atomic mass is 16.5. The molecule has 3 unspecified atom stereocenters. The molecule has 5 rings (SSSR count). The Morgan fingerprint density at radius 1 is 1.07 bits per heavy atom. The number of nitrogens with two attached hydrogens (primary N) is 1. The molecule has 218 valence electrons. The van der Waals surface area contributed by atoms with Gasteiger partial charge in [-0.25, -0.2) is 9.97 Å². The molecule has 0 saturated carbocycles. The van der Waals surface area contributed by atoms with Gasteiger partial charge in [-0.05, 0) is 36.8 Å². The lowest BCUT2D eigenvalue weighted by Crippen LogP contribution is -2.69. The summed E-state index contributed by atoms with van der Waals surface area (Å²) in [7, 11) is 3.25. The first-order valence-corrected chi connectivity index (χ1v) is 13.9. The molecule has 0 spiro atoms. The molecule has 42 heavy (non-hydrogen) atoms. The third-order valence-electron chi connectivity index (χ3n) is 8.23. The molecule has 1 aliphatic rings. The van der Waals surface area contributed by atoms with Crippen LogP contribution in [0.3, 0.4) is 0 Å². The molecule has 11 heteroatoms. The lowest BCUT2D eigenvalue weighted by Gasteiger charge is -2.52. The van der Waals surface area contributed by atoms with Crippen LogP contribution in [0.5, 0.6) is 11.5 Å². The Morgan fingerprint density at radius 3 is 2.55 bits per heavy atom. The number of amides is 2. The fourth-order valence-corrected chi connectivity index (χ4v) is 5.95. The van der Waals surface area contributed by atoms with E-state index in [-0.39, 0.29) is 30.8 Å². The summed E-state index contributed by atoms with van der Waals surface area (Å²) in [6, 6.07) is 16.8. The number of nitrogens with zero attached hydrogens (tertiary/aromatic N) is 6. The lowest BCUT2D eigenvalue weighted by molar-refractivity contribution is -0.135. The van der Waals surface area contributed by atoms with Crippen molar-refractivity contribution in [1.82, 2.24) is 28.9 Å². The van der Waals surface area contributed by atoms with Crippen molar-refractivity contribution in [3.8, 4) is 17.3 Å². The second-order valence-corrected chi connectivity index (χ2v) is 10.5. The highest BCUT2D eigenvalue weighted by Gasteiger charge is 2.50. The van der Waals surface area contributed by atoms with E-state index >= 15 is 0 Å². The summed E-state index contributed by atoms with van der Waals surface area (Å²) in [6.07, 6.45) is 7.04. The summed E-state index contributed by atoms with van der Waals surface area (Å²) in [6.45, 7) is 3.46. The minimum absolute atomic E-state index is 0.0109. The maximum absolute atomic E-state index is 13.6. The highest BCUT2D eigenvalue weighted by molar-refractivity contribution is 5.80. The molecule has 1 saturated heterocycles. The molecule has 1 fully saturated rings. The van der Waals surface area contributed by atoms with Crippen LogP contribution in [0.15, 0.2) is 79.6 Å². The van der Waals surface area contributed by atoms with Gasteiger partial charge in [-0.2, -0.15) is 4.98 Å². The third-order valence-corrected chi connectivity index (χ3v) is 8.23. The van der Waals surface area contributed by atoms with Crippen molar-refractivity contribution in [2.24, 2.45) is 5.73 Å². The van der Waals surface area contributed by atoms with Crippen LogP contribution in [0.4, 0.5) is 5.82 Å². The van der Waals surface area contributed by atoms with Crippen molar-refractivity contribution in [1.29, 1.82) is 0 Å². The van der Waals surface area contributed by atoms with E-state index in [0.29, 0.717) is 29.9 Å². The fourth-order valence-electron chi connectivity index (χ4n) is 5.95. The fraction of sp³-hybridized carbons (Fsp3) is 0.323. The summed E-state index contributed by atoms with van der Waals surface area (Å²) >= 11 is 0. The van der Waals surface area contributed by atoms with Gasteiger partial charge in [-0.1, -0.05) is 24.3 Å². The van der Waals surface area contributed by atoms with Gasteiger partial charge in [0.1, 0.15) is 48.6 Å². The minimum atomic E-state index is -0.436. The molecule has 2 aromatic heterocycles. The number of ether oxygens (including phenoxy) is 2. The Labute approximate surface area is 245 Å². The van der Waals surface area contributed by atoms with E-state index in [4.69, 9.17) is 20.2 Å². The van der Waals surface area contributed by atoms with Gasteiger partial charge < -0.3 is 20.1 Å². The van der Waals surface area contributed by atoms with Gasteiger partial charge >= 0.3 is 0 Å². The van der Waals surface area contributed by atoms with E-state index < -0.39 is 5.91 Å². The van der Waals surface area contributed by atoms with Gasteiger partial charge in [0.05, 0.1) is 46.2 Å². The maximum Gasteiger partial charge on any atom is 0.233 e. The number of benzene rings is 2. The molecule has 3 heterocycles. The number of piperazine rings is 1. The number of carbonyl (C=O) groups is 2. The monoisotopic (exact) mass is 570 g/mol. The molecule has 2 amide bonds. The molecule has 4 aromatic rings. The van der Waals surface area contributed by atoms with Crippen molar-refractivity contribution in [3.05, 3.63) is 90.8 Å². The second kappa shape index (κ2) is 12.4. The largest absolute Gasteiger partial charge is 0.497 e. The first-order valence-electron chi connectivity index (χ1n) is 13.9. The van der Waals surface area contributed by atoms with Crippen molar-refractivity contribution in [2.45, 2.75) is 31.8 Å². The molecule has 1 aliphatic heterocycles. The van der Waals surface area contributed by atoms with Gasteiger partial charge in [-0.3, -0.25) is 18.6 Å². The van der Waals surface area contributed by atoms with E-state index in [1.165, 1.54) is 6.33 Å². The van der Waals surface area contributed by atoms with Gasteiger partial charge in [-0.15, -0.1) is 0 Å². The standard InChI is InChI=1S/C31H35N7O4/c1-22(24-5-4-6-27(16-24)42-3)38(30-18-29(34-20-35-30)37-12-11-33-21-37)14-13-36(19-25(38)17-28(32)39)31(40)15-23-7-9-26(41-2)10-8-23/h4-12,16,18,20-22,25H,13-15,17,19H2,1-3H3,(H-,32,39)/p+1. The molecule has 11 nitrogen and oxygen atoms in total. The molecular formula is C31H36N7O4+. The minimum Gasteiger partial charge on any atom is -0.497 e. The highest BCUT2D eigenvalue weighted by Crippen LogP contribution is 2.41. The number of methoxy groups -OCH3 is 2. The van der Waals surface area contributed by atoms with E-state index in [1.54, 1.807) is 26.7 Å². The smallest absolute Gasteiger partial charge is 0.233 e. The SMILES string of the molecule is COc1ccc(CC(=O)N2CC[N+](c3cc(-n4ccnc4)ncn3)(C(C)c3cccc(OC)c3)C(CC(N)=O)C2)cc1. The number of hydrogen-bond acceptors (Lipinski definition) is 7. The first kappa shape index (κ1) is 28.7. The Bertz CT molecular complexity index is 1530. The summed E-state index contributed by atoms with van der Waals surface area (Å²) in [5.74, 6) is 2.41. The Hall–Kier alpha value is -4.77. The number of quaternary nitrogens is 1. The maximum atomic E-state index is 13.6. The van der Waals surface area contributed by atoms with Crippen molar-refractivity contribution >= 4 is 17.6 Å². The van der Waals surface area contributed by atoms with Crippen LogP contribution >= 0.6 is 0 Å². The third kappa shape index (κ3) is 5.82. The summed E-state index contributed by atoms with van der Waals surface area (Å²) in [5, 5.41) is 0. The zero-order valence-electron chi connectivity index (χ0n) is 24.1. The predicted octanol–water partition coefficient (Wildman–Crippen LogP) is 3.08. The van der Waals surface area contributed by atoms with E-state index in [2.05, 4.69) is 16.9 Å². The summed E-state index contributed by atoms with van der Waals surface area (Å²) in [5.41, 5.74) is 7.77. The molecular weight excluding hydrogens is 534 g/mol. The summed E-state index contributed by atoms with van der Waals surface area (Å²) < 4.78 is 12.9. The number of rotatable bonds is 10. The van der Waals surface area contributed by atoms with Crippen LogP contribution in [-0.2, 0) is 16.0 Å². The Morgan fingerprint density at radius 2 is 1.86 bits per heavy atom. The number of primary amides is 1. The van der Waals surface area contributed by atoms with Gasteiger partial charge in [0.25, 0.3) is 0 Å². The lowest BCUT2D eigenvalue weighted by atomic mass is 9.94. The van der Waals surface area contributed by atoms with Crippen LogP contribution in [0.2, 0.25) is 0 Å². The van der Waals surface area contributed by atoms with Crippen molar-refractivity contribution < 1.29 is 19.1 Å². The Balaban J connectivity index is 1.55. The number of carbonyl (C=O) groups excluding carboxylic acids is 2. The van der Waals surface area contributed by atoms with Gasteiger partial charge in [0.2, 0.25) is 17.6 Å². The zero-order chi connectivity index (χ0) is 29.7. The van der Waals surface area contributed by atoms with E-state index in [1.807, 2.05) is 70.3 Å². The molecule has 0 aliphatic carbocycles. The Kier molecular flexibility index (Phi) is 8.48. The predicted molar refractivity (Wildman–Crippen MR) is 158 cm³/mol. The molecule has 2 aromatic carbocycles. The van der Waals surface area contributed by atoms with Crippen LogP contribution in [0.1, 0.15) is 30.5 Å². The topological polar surface area (TPSA) is 125 Å². The van der Waals surface area contributed by atoms with Gasteiger partial charge in [0, 0.05) is 18.0 Å². The van der Waals surface area contributed by atoms with Crippen LogP contribution in [0, 0.1) is 0 Å². The molecule has 3 atom stereocenters. The van der Waals surface area contributed by atoms with E-state index in [9.17, 15) is 9.59 Å².